The largest absolute Gasteiger partial charge is 0.0885 e. The lowest BCUT2D eigenvalue weighted by Gasteiger charge is -2.20. The SMILES string of the molecule is C=C(Br)C/C(=C(/C(=C/c1ccccc1)c1ccccc1)c1ccccc1)c1ccccc1. The van der Waals surface area contributed by atoms with Crippen molar-refractivity contribution >= 4 is 38.7 Å². The molecule has 32 heavy (non-hydrogen) atoms. The normalized spacial score (nSPS) is 12.2. The Bertz CT molecular complexity index is 1220. The summed E-state index contributed by atoms with van der Waals surface area (Å²) in [5.74, 6) is 0. The lowest BCUT2D eigenvalue weighted by Crippen LogP contribution is -1.98. The predicted octanol–water partition coefficient (Wildman–Crippen LogP) is 9.14. The zero-order chi connectivity index (χ0) is 22.2. The van der Waals surface area contributed by atoms with Gasteiger partial charge in [-0.15, -0.1) is 0 Å². The standard InChI is InChI=1S/C31H25Br/c1-24(32)22-29(26-16-8-3-9-17-26)31(28-20-12-5-13-21-28)30(27-18-10-4-11-19-27)23-25-14-6-2-7-15-25/h2-21,23H,1,22H2/b30-23+,31-29-. The molecule has 0 amide bonds. The van der Waals surface area contributed by atoms with Gasteiger partial charge in [0.15, 0.2) is 0 Å². The predicted molar refractivity (Wildman–Crippen MR) is 143 cm³/mol. The molecule has 4 aromatic rings. The van der Waals surface area contributed by atoms with Crippen LogP contribution in [-0.4, -0.2) is 0 Å². The van der Waals surface area contributed by atoms with Crippen LogP contribution in [0.25, 0.3) is 22.8 Å². The molecule has 0 fully saturated rings. The van der Waals surface area contributed by atoms with Crippen molar-refractivity contribution in [2.75, 3.05) is 0 Å². The van der Waals surface area contributed by atoms with E-state index >= 15 is 0 Å². The number of benzene rings is 4. The molecular weight excluding hydrogens is 452 g/mol. The van der Waals surface area contributed by atoms with Crippen LogP contribution in [-0.2, 0) is 0 Å². The molecule has 0 N–H and O–H groups in total. The van der Waals surface area contributed by atoms with Crippen LogP contribution in [0.1, 0.15) is 28.7 Å². The lowest BCUT2D eigenvalue weighted by atomic mass is 9.84. The van der Waals surface area contributed by atoms with Gasteiger partial charge in [0.25, 0.3) is 0 Å². The van der Waals surface area contributed by atoms with Crippen molar-refractivity contribution in [3.8, 4) is 0 Å². The molecule has 0 atom stereocenters. The zero-order valence-corrected chi connectivity index (χ0v) is 19.5. The minimum absolute atomic E-state index is 0.729. The molecule has 0 aliphatic rings. The molecule has 0 radical (unpaired) electrons. The summed E-state index contributed by atoms with van der Waals surface area (Å²) in [4.78, 5) is 0. The fourth-order valence-electron chi connectivity index (χ4n) is 3.90. The molecule has 1 heteroatoms. The van der Waals surface area contributed by atoms with Gasteiger partial charge in [0.1, 0.15) is 0 Å². The maximum absolute atomic E-state index is 4.18. The van der Waals surface area contributed by atoms with Gasteiger partial charge >= 0.3 is 0 Å². The molecule has 0 aliphatic heterocycles. The Labute approximate surface area is 199 Å². The average Bonchev–Trinajstić information content (AvgIpc) is 2.85. The van der Waals surface area contributed by atoms with Crippen molar-refractivity contribution < 1.29 is 0 Å². The third-order valence-corrected chi connectivity index (χ3v) is 5.60. The van der Waals surface area contributed by atoms with E-state index in [-0.39, 0.29) is 0 Å². The second-order valence-electron chi connectivity index (χ2n) is 7.61. The third-order valence-electron chi connectivity index (χ3n) is 5.32. The summed E-state index contributed by atoms with van der Waals surface area (Å²) in [6.45, 7) is 4.18. The highest BCUT2D eigenvalue weighted by molar-refractivity contribution is 9.11. The Kier molecular flexibility index (Phi) is 7.32. The van der Waals surface area contributed by atoms with Crippen molar-refractivity contribution in [3.63, 3.8) is 0 Å². The van der Waals surface area contributed by atoms with E-state index in [0.717, 1.165) is 10.9 Å². The van der Waals surface area contributed by atoms with Gasteiger partial charge in [-0.3, -0.25) is 0 Å². The summed E-state index contributed by atoms with van der Waals surface area (Å²) in [6, 6.07) is 42.4. The van der Waals surface area contributed by atoms with E-state index in [1.54, 1.807) is 0 Å². The molecule has 0 aromatic heterocycles. The highest BCUT2D eigenvalue weighted by atomic mass is 79.9. The Morgan fingerprint density at radius 3 is 1.53 bits per heavy atom. The fourth-order valence-corrected chi connectivity index (χ4v) is 4.18. The number of hydrogen-bond donors (Lipinski definition) is 0. The molecule has 0 unspecified atom stereocenters. The first-order valence-electron chi connectivity index (χ1n) is 10.7. The molecule has 4 rings (SSSR count). The molecule has 0 saturated carbocycles. The van der Waals surface area contributed by atoms with Gasteiger partial charge in [-0.2, -0.15) is 0 Å². The minimum Gasteiger partial charge on any atom is -0.0885 e. The first kappa shape index (κ1) is 21.8. The Morgan fingerprint density at radius 2 is 1.03 bits per heavy atom. The van der Waals surface area contributed by atoms with Crippen LogP contribution < -0.4 is 0 Å². The Balaban J connectivity index is 2.08. The molecule has 0 saturated heterocycles. The monoisotopic (exact) mass is 476 g/mol. The topological polar surface area (TPSA) is 0 Å². The molecule has 0 nitrogen and oxygen atoms in total. The van der Waals surface area contributed by atoms with Crippen molar-refractivity contribution in [2.45, 2.75) is 6.42 Å². The van der Waals surface area contributed by atoms with Gasteiger partial charge in [0.05, 0.1) is 0 Å². The van der Waals surface area contributed by atoms with Crippen molar-refractivity contribution in [3.05, 3.63) is 155 Å². The van der Waals surface area contributed by atoms with Crippen LogP contribution in [0.5, 0.6) is 0 Å². The van der Waals surface area contributed by atoms with E-state index in [4.69, 9.17) is 0 Å². The third kappa shape index (κ3) is 5.43. The summed E-state index contributed by atoms with van der Waals surface area (Å²) < 4.78 is 0.955. The van der Waals surface area contributed by atoms with Crippen molar-refractivity contribution in [1.82, 2.24) is 0 Å². The van der Waals surface area contributed by atoms with Crippen molar-refractivity contribution in [2.24, 2.45) is 0 Å². The van der Waals surface area contributed by atoms with E-state index in [9.17, 15) is 0 Å². The van der Waals surface area contributed by atoms with Gasteiger partial charge in [-0.25, -0.2) is 0 Å². The quantitative estimate of drug-likeness (QED) is 0.184. The molecule has 0 spiro atoms. The number of halogens is 1. The summed E-state index contributed by atoms with van der Waals surface area (Å²) >= 11 is 3.64. The molecule has 0 heterocycles. The molecule has 0 aliphatic carbocycles. The molecule has 4 aromatic carbocycles. The van der Waals surface area contributed by atoms with E-state index in [0.29, 0.717) is 0 Å². The van der Waals surface area contributed by atoms with Crippen LogP contribution >= 0.6 is 15.9 Å². The second kappa shape index (κ2) is 10.7. The molecular formula is C31H25Br. The van der Waals surface area contributed by atoms with Gasteiger partial charge in [0.2, 0.25) is 0 Å². The molecule has 0 bridgehead atoms. The van der Waals surface area contributed by atoms with Crippen LogP contribution in [0.2, 0.25) is 0 Å². The maximum atomic E-state index is 4.18. The van der Waals surface area contributed by atoms with Crippen molar-refractivity contribution in [1.29, 1.82) is 0 Å². The average molecular weight is 477 g/mol. The Hall–Kier alpha value is -3.42. The second-order valence-corrected chi connectivity index (χ2v) is 8.74. The smallest absolute Gasteiger partial charge is 0.00470 e. The zero-order valence-electron chi connectivity index (χ0n) is 17.9. The summed E-state index contributed by atoms with van der Waals surface area (Å²) in [6.07, 6.45) is 3.02. The van der Waals surface area contributed by atoms with Gasteiger partial charge in [-0.05, 0) is 49.5 Å². The minimum atomic E-state index is 0.729. The van der Waals surface area contributed by atoms with Gasteiger partial charge in [0, 0.05) is 6.42 Å². The van der Waals surface area contributed by atoms with E-state index in [2.05, 4.69) is 150 Å². The fraction of sp³-hybridized carbons (Fsp3) is 0.0323. The number of allylic oxidation sites excluding steroid dienone is 4. The number of hydrogen-bond acceptors (Lipinski definition) is 0. The molecule has 156 valence electrons. The van der Waals surface area contributed by atoms with Crippen LogP contribution in [0.15, 0.2) is 132 Å². The first-order valence-corrected chi connectivity index (χ1v) is 11.5. The Morgan fingerprint density at radius 1 is 0.594 bits per heavy atom. The summed E-state index contributed by atoms with van der Waals surface area (Å²) in [5, 5.41) is 0. The van der Waals surface area contributed by atoms with E-state index in [1.165, 1.54) is 39.0 Å². The lowest BCUT2D eigenvalue weighted by molar-refractivity contribution is 1.38. The summed E-state index contributed by atoms with van der Waals surface area (Å²) in [7, 11) is 0. The van der Waals surface area contributed by atoms with Gasteiger partial charge in [-0.1, -0.05) is 144 Å². The first-order chi connectivity index (χ1) is 15.7. The number of rotatable bonds is 7. The summed E-state index contributed by atoms with van der Waals surface area (Å²) in [5.41, 5.74) is 8.38. The highest BCUT2D eigenvalue weighted by Crippen LogP contribution is 2.41. The highest BCUT2D eigenvalue weighted by Gasteiger charge is 2.18. The van der Waals surface area contributed by atoms with E-state index in [1.807, 2.05) is 0 Å². The van der Waals surface area contributed by atoms with E-state index < -0.39 is 0 Å². The van der Waals surface area contributed by atoms with Crippen LogP contribution in [0, 0.1) is 0 Å². The van der Waals surface area contributed by atoms with Crippen LogP contribution in [0.4, 0.5) is 0 Å². The van der Waals surface area contributed by atoms with Gasteiger partial charge < -0.3 is 0 Å². The maximum Gasteiger partial charge on any atom is 0.00470 e. The van der Waals surface area contributed by atoms with Crippen LogP contribution in [0.3, 0.4) is 0 Å².